The van der Waals surface area contributed by atoms with Crippen LogP contribution in [0.1, 0.15) is 5.69 Å². The Bertz CT molecular complexity index is 745. The van der Waals surface area contributed by atoms with Crippen molar-refractivity contribution in [1.29, 1.82) is 0 Å². The molecule has 1 aromatic carbocycles. The number of thiazole rings is 1. The van der Waals surface area contributed by atoms with Gasteiger partial charge in [0.05, 0.1) is 10.6 Å². The van der Waals surface area contributed by atoms with E-state index >= 15 is 0 Å². The molecule has 0 aliphatic rings. The highest BCUT2D eigenvalue weighted by Gasteiger charge is 2.31. The van der Waals surface area contributed by atoms with Gasteiger partial charge < -0.3 is 4.74 Å². The second-order valence-corrected chi connectivity index (χ2v) is 5.02. The van der Waals surface area contributed by atoms with E-state index in [1.54, 1.807) is 16.6 Å². The Balaban J connectivity index is 1.94. The Hall–Kier alpha value is -2.09. The Morgan fingerprint density at radius 3 is 2.50 bits per heavy atom. The molecule has 3 aromatic rings. The lowest BCUT2D eigenvalue weighted by molar-refractivity contribution is -0.274. The minimum Gasteiger partial charge on any atom is -0.406 e. The summed E-state index contributed by atoms with van der Waals surface area (Å²) in [4.78, 5) is 5.75. The van der Waals surface area contributed by atoms with E-state index in [2.05, 4.69) is 14.8 Å². The minimum atomic E-state index is -4.68. The molecule has 0 N–H and O–H groups in total. The minimum absolute atomic E-state index is 0.238. The van der Waals surface area contributed by atoms with Crippen molar-refractivity contribution in [2.75, 3.05) is 0 Å². The molecule has 0 fully saturated rings. The van der Waals surface area contributed by atoms with Crippen LogP contribution in [-0.4, -0.2) is 21.0 Å². The van der Waals surface area contributed by atoms with Gasteiger partial charge in [0, 0.05) is 0 Å². The standard InChI is InChI=1S/C12H8F3N3OS/c1-7-10(20-11-16-6-17-18(7)11)8-2-4-9(5-3-8)19-12(13,14)15/h2-6H,1H3. The van der Waals surface area contributed by atoms with E-state index < -0.39 is 6.36 Å². The van der Waals surface area contributed by atoms with Gasteiger partial charge in [0.25, 0.3) is 0 Å². The largest absolute Gasteiger partial charge is 0.573 e. The highest BCUT2D eigenvalue weighted by Crippen LogP contribution is 2.33. The number of nitrogens with zero attached hydrogens (tertiary/aromatic N) is 3. The van der Waals surface area contributed by atoms with Gasteiger partial charge in [0.15, 0.2) is 0 Å². The van der Waals surface area contributed by atoms with Crippen molar-refractivity contribution < 1.29 is 17.9 Å². The summed E-state index contributed by atoms with van der Waals surface area (Å²) in [6.07, 6.45) is -3.21. The quantitative estimate of drug-likeness (QED) is 0.725. The van der Waals surface area contributed by atoms with Crippen LogP contribution in [0.2, 0.25) is 0 Å². The first-order valence-electron chi connectivity index (χ1n) is 5.59. The third kappa shape index (κ3) is 2.34. The topological polar surface area (TPSA) is 39.4 Å². The number of aromatic nitrogens is 3. The highest BCUT2D eigenvalue weighted by atomic mass is 32.1. The van der Waals surface area contributed by atoms with Crippen molar-refractivity contribution in [1.82, 2.24) is 14.6 Å². The second kappa shape index (κ2) is 4.48. The highest BCUT2D eigenvalue weighted by molar-refractivity contribution is 7.20. The van der Waals surface area contributed by atoms with Gasteiger partial charge in [-0.1, -0.05) is 11.3 Å². The lowest BCUT2D eigenvalue weighted by Gasteiger charge is -2.09. The SMILES string of the molecule is Cc1c(-c2ccc(OC(F)(F)F)cc2)sc2ncnn12. The van der Waals surface area contributed by atoms with Gasteiger partial charge in [-0.15, -0.1) is 13.2 Å². The zero-order valence-electron chi connectivity index (χ0n) is 10.2. The molecule has 3 rings (SSSR count). The summed E-state index contributed by atoms with van der Waals surface area (Å²) in [7, 11) is 0. The maximum absolute atomic E-state index is 12.1. The fourth-order valence-corrected chi connectivity index (χ4v) is 2.91. The number of benzene rings is 1. The van der Waals surface area contributed by atoms with E-state index in [1.807, 2.05) is 6.92 Å². The first-order valence-corrected chi connectivity index (χ1v) is 6.41. The number of hydrogen-bond donors (Lipinski definition) is 0. The Kier molecular flexibility index (Phi) is 2.89. The van der Waals surface area contributed by atoms with Crippen LogP contribution in [0.15, 0.2) is 30.6 Å². The van der Waals surface area contributed by atoms with Crippen LogP contribution in [0.4, 0.5) is 13.2 Å². The van der Waals surface area contributed by atoms with Gasteiger partial charge in [-0.25, -0.2) is 9.50 Å². The molecule has 0 unspecified atom stereocenters. The van der Waals surface area contributed by atoms with Crippen molar-refractivity contribution in [3.8, 4) is 16.2 Å². The average Bonchev–Trinajstić information content (AvgIpc) is 2.92. The molecule has 0 saturated heterocycles. The van der Waals surface area contributed by atoms with E-state index in [0.717, 1.165) is 21.1 Å². The van der Waals surface area contributed by atoms with Gasteiger partial charge in [-0.2, -0.15) is 5.10 Å². The van der Waals surface area contributed by atoms with Crippen molar-refractivity contribution in [3.05, 3.63) is 36.3 Å². The van der Waals surface area contributed by atoms with Crippen molar-refractivity contribution in [2.45, 2.75) is 13.3 Å². The molecule has 0 atom stereocenters. The number of fused-ring (bicyclic) bond motifs is 1. The second-order valence-electron chi connectivity index (χ2n) is 4.04. The molecule has 0 bridgehead atoms. The molecular weight excluding hydrogens is 291 g/mol. The first-order chi connectivity index (χ1) is 9.44. The predicted octanol–water partition coefficient (Wildman–Crippen LogP) is 3.66. The van der Waals surface area contributed by atoms with E-state index in [0.29, 0.717) is 0 Å². The Morgan fingerprint density at radius 2 is 1.90 bits per heavy atom. The van der Waals surface area contributed by atoms with Crippen LogP contribution < -0.4 is 4.74 Å². The number of alkyl halides is 3. The van der Waals surface area contributed by atoms with E-state index in [1.165, 1.54) is 29.8 Å². The van der Waals surface area contributed by atoms with Crippen LogP contribution in [0.25, 0.3) is 15.4 Å². The van der Waals surface area contributed by atoms with Gasteiger partial charge >= 0.3 is 6.36 Å². The molecular formula is C12H8F3N3OS. The smallest absolute Gasteiger partial charge is 0.406 e. The fraction of sp³-hybridized carbons (Fsp3) is 0.167. The number of halogens is 3. The number of aryl methyl sites for hydroxylation is 1. The van der Waals surface area contributed by atoms with Crippen molar-refractivity contribution in [2.24, 2.45) is 0 Å². The molecule has 104 valence electrons. The molecule has 0 radical (unpaired) electrons. The summed E-state index contributed by atoms with van der Waals surface area (Å²) in [6.45, 7) is 1.88. The van der Waals surface area contributed by atoms with E-state index in [-0.39, 0.29) is 5.75 Å². The molecule has 0 aliphatic heterocycles. The third-order valence-corrected chi connectivity index (χ3v) is 3.90. The molecule has 2 heterocycles. The Labute approximate surface area is 115 Å². The van der Waals surface area contributed by atoms with Crippen LogP contribution >= 0.6 is 11.3 Å². The summed E-state index contributed by atoms with van der Waals surface area (Å²) in [5.74, 6) is -0.238. The predicted molar refractivity (Wildman–Crippen MR) is 67.7 cm³/mol. The van der Waals surface area contributed by atoms with Gasteiger partial charge in [-0.3, -0.25) is 0 Å². The van der Waals surface area contributed by atoms with E-state index in [4.69, 9.17) is 0 Å². The summed E-state index contributed by atoms with van der Waals surface area (Å²) >= 11 is 1.43. The molecule has 2 aromatic heterocycles. The van der Waals surface area contributed by atoms with Crippen LogP contribution in [0.3, 0.4) is 0 Å². The lowest BCUT2D eigenvalue weighted by Crippen LogP contribution is -2.16. The molecule has 20 heavy (non-hydrogen) atoms. The molecule has 8 heteroatoms. The first kappa shape index (κ1) is 12.9. The zero-order valence-corrected chi connectivity index (χ0v) is 11.0. The molecule has 0 aliphatic carbocycles. The van der Waals surface area contributed by atoms with Crippen molar-refractivity contribution in [3.63, 3.8) is 0 Å². The summed E-state index contributed by atoms with van der Waals surface area (Å²) < 4.78 is 41.8. The maximum Gasteiger partial charge on any atom is 0.573 e. The molecule has 0 spiro atoms. The zero-order chi connectivity index (χ0) is 14.3. The summed E-state index contributed by atoms with van der Waals surface area (Å²) in [5, 5.41) is 4.07. The van der Waals surface area contributed by atoms with Gasteiger partial charge in [0.2, 0.25) is 4.96 Å². The number of ether oxygens (including phenoxy) is 1. The maximum atomic E-state index is 12.1. The fourth-order valence-electron chi connectivity index (χ4n) is 1.87. The van der Waals surface area contributed by atoms with Gasteiger partial charge in [0.1, 0.15) is 12.1 Å². The summed E-state index contributed by atoms with van der Waals surface area (Å²) in [6, 6.07) is 5.75. The third-order valence-electron chi connectivity index (χ3n) is 2.71. The van der Waals surface area contributed by atoms with Crippen LogP contribution in [0, 0.1) is 6.92 Å². The van der Waals surface area contributed by atoms with E-state index in [9.17, 15) is 13.2 Å². The summed E-state index contributed by atoms with van der Waals surface area (Å²) in [5.41, 5.74) is 1.70. The normalized spacial score (nSPS) is 12.0. The average molecular weight is 299 g/mol. The van der Waals surface area contributed by atoms with Gasteiger partial charge in [-0.05, 0) is 36.8 Å². The van der Waals surface area contributed by atoms with Crippen LogP contribution in [-0.2, 0) is 0 Å². The molecule has 4 nitrogen and oxygen atoms in total. The van der Waals surface area contributed by atoms with Crippen LogP contribution in [0.5, 0.6) is 5.75 Å². The van der Waals surface area contributed by atoms with Crippen molar-refractivity contribution >= 4 is 16.3 Å². The molecule has 0 amide bonds. The monoisotopic (exact) mass is 299 g/mol. The number of hydrogen-bond acceptors (Lipinski definition) is 4. The molecule has 0 saturated carbocycles. The number of rotatable bonds is 2. The Morgan fingerprint density at radius 1 is 1.20 bits per heavy atom. The lowest BCUT2D eigenvalue weighted by atomic mass is 10.1.